The summed E-state index contributed by atoms with van der Waals surface area (Å²) in [6.45, 7) is 1.81. The molecule has 0 saturated heterocycles. The number of carbonyl (C=O) groups excluding carboxylic acids is 1. The summed E-state index contributed by atoms with van der Waals surface area (Å²) in [5.41, 5.74) is 1.19. The second kappa shape index (κ2) is 7.88. The minimum absolute atomic E-state index is 0.0276. The highest BCUT2D eigenvalue weighted by Crippen LogP contribution is 2.25. The molecule has 3 rings (SSSR count). The number of thioether (sulfide) groups is 1. The van der Waals surface area contributed by atoms with Crippen molar-refractivity contribution in [2.45, 2.75) is 18.4 Å². The first-order valence-corrected chi connectivity index (χ1v) is 8.78. The van der Waals surface area contributed by atoms with Gasteiger partial charge in [-0.25, -0.2) is 0 Å². The number of ether oxygens (including phenoxy) is 1. The number of carbonyl (C=O) groups is 1. The number of amides is 1. The van der Waals surface area contributed by atoms with Crippen molar-refractivity contribution in [2.24, 2.45) is 7.05 Å². The first kappa shape index (κ1) is 19.7. The predicted molar refractivity (Wildman–Crippen MR) is 93.1 cm³/mol. The van der Waals surface area contributed by atoms with Gasteiger partial charge in [-0.2, -0.15) is 9.78 Å². The van der Waals surface area contributed by atoms with Gasteiger partial charge in [-0.05, 0) is 41.6 Å². The topological polar surface area (TPSA) is 99.8 Å². The Morgan fingerprint density at radius 3 is 2.61 bits per heavy atom. The van der Waals surface area contributed by atoms with E-state index in [1.807, 2.05) is 6.92 Å². The number of hydrogen-bond donors (Lipinski definition) is 1. The van der Waals surface area contributed by atoms with Crippen LogP contribution < -0.4 is 10.1 Å². The van der Waals surface area contributed by atoms with Crippen LogP contribution in [0.3, 0.4) is 0 Å². The zero-order valence-electron chi connectivity index (χ0n) is 14.6. The molecule has 0 spiro atoms. The van der Waals surface area contributed by atoms with Gasteiger partial charge < -0.3 is 10.1 Å². The van der Waals surface area contributed by atoms with E-state index in [0.29, 0.717) is 16.7 Å². The summed E-state index contributed by atoms with van der Waals surface area (Å²) in [4.78, 5) is 12.1. The fourth-order valence-electron chi connectivity index (χ4n) is 2.26. The molecule has 1 aromatic carbocycles. The lowest BCUT2D eigenvalue weighted by atomic mass is 10.3. The van der Waals surface area contributed by atoms with Crippen LogP contribution in [0.25, 0.3) is 5.69 Å². The van der Waals surface area contributed by atoms with Crippen molar-refractivity contribution in [2.75, 3.05) is 11.1 Å². The minimum Gasteiger partial charge on any atom is -0.406 e. The average molecular weight is 413 g/mol. The molecule has 1 amide bonds. The maximum Gasteiger partial charge on any atom is 0.573 e. The summed E-state index contributed by atoms with van der Waals surface area (Å²) < 4.78 is 43.4. The van der Waals surface area contributed by atoms with Gasteiger partial charge in [0.2, 0.25) is 11.1 Å². The van der Waals surface area contributed by atoms with Crippen molar-refractivity contribution in [3.8, 4) is 11.4 Å². The van der Waals surface area contributed by atoms with E-state index in [1.54, 1.807) is 17.8 Å². The van der Waals surface area contributed by atoms with Crippen LogP contribution in [0.2, 0.25) is 0 Å². The van der Waals surface area contributed by atoms with E-state index in [2.05, 4.69) is 30.7 Å². The van der Waals surface area contributed by atoms with Gasteiger partial charge in [0.1, 0.15) is 11.6 Å². The molecular formula is C15H14F3N7O2S. The zero-order valence-corrected chi connectivity index (χ0v) is 15.5. The lowest BCUT2D eigenvalue weighted by molar-refractivity contribution is -0.274. The number of aryl methyl sites for hydroxylation is 2. The molecular weight excluding hydrogens is 399 g/mol. The van der Waals surface area contributed by atoms with Gasteiger partial charge in [-0.3, -0.25) is 9.48 Å². The summed E-state index contributed by atoms with van der Waals surface area (Å²) in [6, 6.07) is 6.78. The third kappa shape index (κ3) is 5.00. The molecule has 0 aliphatic heterocycles. The largest absolute Gasteiger partial charge is 0.573 e. The molecule has 0 unspecified atom stereocenters. The van der Waals surface area contributed by atoms with E-state index < -0.39 is 6.36 Å². The molecule has 0 atom stereocenters. The molecule has 2 heterocycles. The molecule has 0 aliphatic carbocycles. The number of nitrogens with zero attached hydrogens (tertiary/aromatic N) is 6. The summed E-state index contributed by atoms with van der Waals surface area (Å²) in [5.74, 6) is -0.0522. The Balaban J connectivity index is 1.63. The normalized spacial score (nSPS) is 11.5. The molecule has 1 N–H and O–H groups in total. The van der Waals surface area contributed by atoms with Gasteiger partial charge >= 0.3 is 6.36 Å². The molecule has 3 aromatic rings. The Bertz CT molecular complexity index is 969. The van der Waals surface area contributed by atoms with Crippen LogP contribution >= 0.6 is 11.8 Å². The Morgan fingerprint density at radius 2 is 2.00 bits per heavy atom. The highest BCUT2D eigenvalue weighted by Gasteiger charge is 2.31. The van der Waals surface area contributed by atoms with Gasteiger partial charge in [0, 0.05) is 13.1 Å². The molecule has 9 nitrogen and oxygen atoms in total. The number of rotatable bonds is 6. The van der Waals surface area contributed by atoms with Crippen molar-refractivity contribution in [3.63, 3.8) is 0 Å². The summed E-state index contributed by atoms with van der Waals surface area (Å²) in [7, 11) is 1.71. The van der Waals surface area contributed by atoms with Crippen molar-refractivity contribution in [1.29, 1.82) is 0 Å². The number of halogens is 3. The van der Waals surface area contributed by atoms with Crippen molar-refractivity contribution >= 4 is 23.5 Å². The average Bonchev–Trinajstić information content (AvgIpc) is 3.18. The third-order valence-electron chi connectivity index (χ3n) is 3.36. The molecule has 2 aromatic heterocycles. The number of aromatic nitrogens is 6. The fraction of sp³-hybridized carbons (Fsp3) is 0.267. The summed E-state index contributed by atoms with van der Waals surface area (Å²) in [6.07, 6.45) is -4.77. The van der Waals surface area contributed by atoms with Crippen LogP contribution in [0.4, 0.5) is 19.0 Å². The van der Waals surface area contributed by atoms with Crippen LogP contribution in [0, 0.1) is 6.92 Å². The fourth-order valence-corrected chi connectivity index (χ4v) is 2.95. The zero-order chi connectivity index (χ0) is 20.3. The molecule has 0 fully saturated rings. The first-order chi connectivity index (χ1) is 13.2. The van der Waals surface area contributed by atoms with E-state index in [4.69, 9.17) is 0 Å². The number of nitrogens with one attached hydrogen (secondary N) is 1. The van der Waals surface area contributed by atoms with E-state index >= 15 is 0 Å². The van der Waals surface area contributed by atoms with Gasteiger partial charge in [0.25, 0.3) is 0 Å². The maximum atomic E-state index is 12.2. The van der Waals surface area contributed by atoms with E-state index in [-0.39, 0.29) is 17.4 Å². The predicted octanol–water partition coefficient (Wildman–Crippen LogP) is 2.33. The lowest BCUT2D eigenvalue weighted by Crippen LogP contribution is -2.17. The molecule has 0 bridgehead atoms. The highest BCUT2D eigenvalue weighted by molar-refractivity contribution is 7.99. The van der Waals surface area contributed by atoms with E-state index in [0.717, 1.165) is 29.6 Å². The van der Waals surface area contributed by atoms with Gasteiger partial charge in [-0.15, -0.1) is 18.3 Å². The van der Waals surface area contributed by atoms with Crippen LogP contribution in [0.5, 0.6) is 5.75 Å². The first-order valence-electron chi connectivity index (χ1n) is 7.79. The number of alkyl halides is 3. The SMILES string of the molecule is Cc1cc(NC(=O)CSc2nnnn2-c2ccc(OC(F)(F)F)cc2)n(C)n1. The number of hydrogen-bond acceptors (Lipinski definition) is 7. The Hall–Kier alpha value is -3.09. The van der Waals surface area contributed by atoms with Gasteiger partial charge in [-0.1, -0.05) is 11.8 Å². The maximum absolute atomic E-state index is 12.2. The Kier molecular flexibility index (Phi) is 5.53. The van der Waals surface area contributed by atoms with Gasteiger partial charge in [0.15, 0.2) is 0 Å². The molecule has 13 heteroatoms. The quantitative estimate of drug-likeness (QED) is 0.619. The molecule has 0 saturated carbocycles. The lowest BCUT2D eigenvalue weighted by Gasteiger charge is -2.09. The second-order valence-electron chi connectivity index (χ2n) is 5.55. The highest BCUT2D eigenvalue weighted by atomic mass is 32.2. The minimum atomic E-state index is -4.77. The third-order valence-corrected chi connectivity index (χ3v) is 4.28. The van der Waals surface area contributed by atoms with Gasteiger partial charge in [0.05, 0.1) is 17.1 Å². The summed E-state index contributed by atoms with van der Waals surface area (Å²) in [5, 5.41) is 18.3. The van der Waals surface area contributed by atoms with Crippen molar-refractivity contribution < 1.29 is 22.7 Å². The number of tetrazole rings is 1. The molecule has 0 radical (unpaired) electrons. The molecule has 148 valence electrons. The van der Waals surface area contributed by atoms with Crippen LogP contribution in [-0.2, 0) is 11.8 Å². The van der Waals surface area contributed by atoms with E-state index in [9.17, 15) is 18.0 Å². The van der Waals surface area contributed by atoms with Crippen LogP contribution in [0.1, 0.15) is 5.69 Å². The van der Waals surface area contributed by atoms with Crippen LogP contribution in [-0.4, -0.2) is 48.0 Å². The molecule has 28 heavy (non-hydrogen) atoms. The van der Waals surface area contributed by atoms with Crippen LogP contribution in [0.15, 0.2) is 35.5 Å². The number of benzene rings is 1. The standard InChI is InChI=1S/C15H14F3N7O2S/c1-9-7-12(24(2)21-9)19-13(26)8-28-14-20-22-23-25(14)10-3-5-11(6-4-10)27-15(16,17)18/h3-7H,8H2,1-2H3,(H,19,26). The smallest absolute Gasteiger partial charge is 0.406 e. The summed E-state index contributed by atoms with van der Waals surface area (Å²) >= 11 is 1.08. The monoisotopic (exact) mass is 413 g/mol. The van der Waals surface area contributed by atoms with Crippen molar-refractivity contribution in [1.82, 2.24) is 30.0 Å². The Labute approximate surface area is 160 Å². The number of anilines is 1. The second-order valence-corrected chi connectivity index (χ2v) is 6.49. The Morgan fingerprint density at radius 1 is 1.29 bits per heavy atom. The van der Waals surface area contributed by atoms with E-state index in [1.165, 1.54) is 16.8 Å². The van der Waals surface area contributed by atoms with Crippen molar-refractivity contribution in [3.05, 3.63) is 36.0 Å². The molecule has 0 aliphatic rings.